The largest absolute Gasteiger partial charge is 0.446 e. The number of aromatic nitrogens is 1. The maximum Gasteiger partial charge on any atom is 0.194 e. The standard InChI is InChI=1S/C12H22N2O/c1-4-13-7-5-6-12-14-9-11(15-12)8-10(2)3/h9-10,13H,4-8H2,1-3H3. The Morgan fingerprint density at radius 1 is 1.47 bits per heavy atom. The van der Waals surface area contributed by atoms with E-state index in [0.29, 0.717) is 5.92 Å². The molecule has 0 atom stereocenters. The molecule has 0 fully saturated rings. The molecule has 1 aromatic heterocycles. The molecule has 3 heteroatoms. The Bertz CT molecular complexity index is 268. The summed E-state index contributed by atoms with van der Waals surface area (Å²) in [5, 5.41) is 3.29. The van der Waals surface area contributed by atoms with Gasteiger partial charge in [0, 0.05) is 12.8 Å². The second-order valence-electron chi connectivity index (χ2n) is 4.28. The van der Waals surface area contributed by atoms with Crippen LogP contribution in [-0.2, 0) is 12.8 Å². The number of nitrogens with one attached hydrogen (secondary N) is 1. The highest BCUT2D eigenvalue weighted by atomic mass is 16.4. The first-order chi connectivity index (χ1) is 7.22. The molecular weight excluding hydrogens is 188 g/mol. The SMILES string of the molecule is CCNCCCc1ncc(CC(C)C)o1. The van der Waals surface area contributed by atoms with Crippen molar-refractivity contribution in [2.24, 2.45) is 5.92 Å². The summed E-state index contributed by atoms with van der Waals surface area (Å²) in [7, 11) is 0. The molecule has 0 saturated carbocycles. The number of nitrogens with zero attached hydrogens (tertiary/aromatic N) is 1. The van der Waals surface area contributed by atoms with Gasteiger partial charge in [0.1, 0.15) is 5.76 Å². The minimum Gasteiger partial charge on any atom is -0.446 e. The maximum absolute atomic E-state index is 5.64. The van der Waals surface area contributed by atoms with Gasteiger partial charge in [-0.25, -0.2) is 4.98 Å². The molecule has 0 radical (unpaired) electrons. The number of oxazole rings is 1. The molecule has 1 N–H and O–H groups in total. The fourth-order valence-electron chi connectivity index (χ4n) is 1.50. The minimum absolute atomic E-state index is 0.632. The highest BCUT2D eigenvalue weighted by Gasteiger charge is 2.05. The minimum atomic E-state index is 0.632. The van der Waals surface area contributed by atoms with Crippen LogP contribution in [0.15, 0.2) is 10.6 Å². The van der Waals surface area contributed by atoms with Gasteiger partial charge in [-0.15, -0.1) is 0 Å². The van der Waals surface area contributed by atoms with Crippen molar-refractivity contribution in [3.05, 3.63) is 17.8 Å². The first-order valence-corrected chi connectivity index (χ1v) is 5.86. The maximum atomic E-state index is 5.64. The van der Waals surface area contributed by atoms with Crippen LogP contribution in [0.2, 0.25) is 0 Å². The average molecular weight is 210 g/mol. The summed E-state index contributed by atoms with van der Waals surface area (Å²) in [6.07, 6.45) is 4.88. The van der Waals surface area contributed by atoms with Crippen LogP contribution >= 0.6 is 0 Å². The molecule has 0 spiro atoms. The molecule has 3 nitrogen and oxygen atoms in total. The molecule has 1 aromatic rings. The van der Waals surface area contributed by atoms with Gasteiger partial charge in [0.05, 0.1) is 6.20 Å². The molecule has 0 aliphatic heterocycles. The topological polar surface area (TPSA) is 38.1 Å². The van der Waals surface area contributed by atoms with E-state index in [4.69, 9.17) is 4.42 Å². The van der Waals surface area contributed by atoms with E-state index in [2.05, 4.69) is 31.1 Å². The van der Waals surface area contributed by atoms with Crippen LogP contribution in [-0.4, -0.2) is 18.1 Å². The second-order valence-corrected chi connectivity index (χ2v) is 4.28. The van der Waals surface area contributed by atoms with Crippen LogP contribution in [0.1, 0.15) is 38.8 Å². The lowest BCUT2D eigenvalue weighted by Gasteiger charge is -2.00. The predicted molar refractivity (Wildman–Crippen MR) is 61.9 cm³/mol. The van der Waals surface area contributed by atoms with Crippen molar-refractivity contribution in [3.63, 3.8) is 0 Å². The van der Waals surface area contributed by atoms with E-state index in [1.165, 1.54) is 0 Å². The van der Waals surface area contributed by atoms with Crippen molar-refractivity contribution in [2.75, 3.05) is 13.1 Å². The van der Waals surface area contributed by atoms with Gasteiger partial charge in [-0.3, -0.25) is 0 Å². The van der Waals surface area contributed by atoms with Crippen molar-refractivity contribution in [3.8, 4) is 0 Å². The van der Waals surface area contributed by atoms with Crippen LogP contribution in [0.5, 0.6) is 0 Å². The van der Waals surface area contributed by atoms with Crippen LogP contribution in [0.4, 0.5) is 0 Å². The molecule has 0 unspecified atom stereocenters. The van der Waals surface area contributed by atoms with E-state index < -0.39 is 0 Å². The average Bonchev–Trinajstić information content (AvgIpc) is 2.59. The van der Waals surface area contributed by atoms with Gasteiger partial charge in [-0.05, 0) is 25.4 Å². The summed E-state index contributed by atoms with van der Waals surface area (Å²) >= 11 is 0. The smallest absolute Gasteiger partial charge is 0.194 e. The Morgan fingerprint density at radius 2 is 2.27 bits per heavy atom. The fraction of sp³-hybridized carbons (Fsp3) is 0.750. The number of hydrogen-bond acceptors (Lipinski definition) is 3. The second kappa shape index (κ2) is 6.62. The molecule has 1 rings (SSSR count). The predicted octanol–water partition coefficient (Wildman–Crippen LogP) is 2.42. The van der Waals surface area contributed by atoms with Crippen LogP contribution in [0.3, 0.4) is 0 Å². The zero-order chi connectivity index (χ0) is 11.1. The summed E-state index contributed by atoms with van der Waals surface area (Å²) in [6, 6.07) is 0. The van der Waals surface area contributed by atoms with E-state index in [9.17, 15) is 0 Å². The van der Waals surface area contributed by atoms with E-state index in [-0.39, 0.29) is 0 Å². The van der Waals surface area contributed by atoms with Gasteiger partial charge in [0.25, 0.3) is 0 Å². The highest BCUT2D eigenvalue weighted by Crippen LogP contribution is 2.10. The Morgan fingerprint density at radius 3 is 2.93 bits per heavy atom. The zero-order valence-electron chi connectivity index (χ0n) is 10.0. The van der Waals surface area contributed by atoms with Gasteiger partial charge < -0.3 is 9.73 Å². The molecule has 0 aliphatic carbocycles. The quantitative estimate of drug-likeness (QED) is 0.702. The lowest BCUT2D eigenvalue weighted by atomic mass is 10.1. The van der Waals surface area contributed by atoms with Crippen LogP contribution < -0.4 is 5.32 Å². The van der Waals surface area contributed by atoms with Gasteiger partial charge in [-0.2, -0.15) is 0 Å². The third kappa shape index (κ3) is 4.98. The molecule has 0 amide bonds. The molecule has 0 saturated heterocycles. The summed E-state index contributed by atoms with van der Waals surface area (Å²) in [6.45, 7) is 8.56. The first kappa shape index (κ1) is 12.2. The van der Waals surface area contributed by atoms with E-state index in [1.54, 1.807) is 0 Å². The lowest BCUT2D eigenvalue weighted by molar-refractivity contribution is 0.426. The van der Waals surface area contributed by atoms with Gasteiger partial charge >= 0.3 is 0 Å². The summed E-state index contributed by atoms with van der Waals surface area (Å²) in [4.78, 5) is 4.27. The van der Waals surface area contributed by atoms with Crippen LogP contribution in [0.25, 0.3) is 0 Å². The number of hydrogen-bond donors (Lipinski definition) is 1. The van der Waals surface area contributed by atoms with Crippen molar-refractivity contribution in [1.29, 1.82) is 0 Å². The summed E-state index contributed by atoms with van der Waals surface area (Å²) in [5.41, 5.74) is 0. The Hall–Kier alpha value is -0.830. The summed E-state index contributed by atoms with van der Waals surface area (Å²) in [5.74, 6) is 2.53. The van der Waals surface area contributed by atoms with Gasteiger partial charge in [0.15, 0.2) is 5.89 Å². The molecule has 0 bridgehead atoms. The number of aryl methyl sites for hydroxylation is 1. The molecular formula is C12H22N2O. The first-order valence-electron chi connectivity index (χ1n) is 5.86. The van der Waals surface area contributed by atoms with E-state index in [1.807, 2.05) is 6.20 Å². The highest BCUT2D eigenvalue weighted by molar-refractivity contribution is 4.95. The molecule has 86 valence electrons. The van der Waals surface area contributed by atoms with Crippen molar-refractivity contribution in [1.82, 2.24) is 10.3 Å². The monoisotopic (exact) mass is 210 g/mol. The lowest BCUT2D eigenvalue weighted by Crippen LogP contribution is -2.14. The van der Waals surface area contributed by atoms with Crippen molar-refractivity contribution in [2.45, 2.75) is 40.0 Å². The van der Waals surface area contributed by atoms with E-state index >= 15 is 0 Å². The normalized spacial score (nSPS) is 11.2. The Labute approximate surface area is 92.3 Å². The molecule has 1 heterocycles. The van der Waals surface area contributed by atoms with Crippen LogP contribution in [0, 0.1) is 5.92 Å². The van der Waals surface area contributed by atoms with Crippen molar-refractivity contribution >= 4 is 0 Å². The third-order valence-corrected chi connectivity index (χ3v) is 2.21. The number of rotatable bonds is 7. The molecule has 15 heavy (non-hydrogen) atoms. The Balaban J connectivity index is 2.26. The molecule has 0 aromatic carbocycles. The third-order valence-electron chi connectivity index (χ3n) is 2.21. The zero-order valence-corrected chi connectivity index (χ0v) is 10.0. The van der Waals surface area contributed by atoms with Crippen molar-refractivity contribution < 1.29 is 4.42 Å². The summed E-state index contributed by atoms with van der Waals surface area (Å²) < 4.78 is 5.64. The fourth-order valence-corrected chi connectivity index (χ4v) is 1.50. The molecule has 0 aliphatic rings. The van der Waals surface area contributed by atoms with Gasteiger partial charge in [-0.1, -0.05) is 20.8 Å². The van der Waals surface area contributed by atoms with E-state index in [0.717, 1.165) is 44.0 Å². The van der Waals surface area contributed by atoms with Gasteiger partial charge in [0.2, 0.25) is 0 Å². The Kier molecular flexibility index (Phi) is 5.40.